The van der Waals surface area contributed by atoms with Crippen LogP contribution < -0.4 is 16.0 Å². The largest absolute Gasteiger partial charge is 0.469 e. The van der Waals surface area contributed by atoms with E-state index in [-0.39, 0.29) is 28.4 Å². The number of carbonyl (C=O) groups excluding carboxylic acids is 3. The summed E-state index contributed by atoms with van der Waals surface area (Å²) in [5, 5.41) is 10.6. The smallest absolute Gasteiger partial charge is 0.311 e. The molecule has 2 bridgehead atoms. The summed E-state index contributed by atoms with van der Waals surface area (Å²) in [6.45, 7) is 0. The fraction of sp³-hybridized carbons (Fsp3) is 0.545. The monoisotopic (exact) mass is 627 g/mol. The Labute approximate surface area is 260 Å². The summed E-state index contributed by atoms with van der Waals surface area (Å²) in [7, 11) is 1.43. The SMILES string of the molecule is COC(=O)C12CCC(NC(=O)[C@H]3NC4(CCCCC4)[C@]4(C(=O)Nc5cc(Cl)ccc54)[C@@H]3c3cccc(Cl)c3F)(CC1)CC2. The van der Waals surface area contributed by atoms with Crippen LogP contribution in [0.2, 0.25) is 10.0 Å². The predicted octanol–water partition coefficient (Wildman–Crippen LogP) is 6.16. The number of fused-ring (bicyclic) bond motifs is 6. The van der Waals surface area contributed by atoms with Crippen molar-refractivity contribution in [2.45, 2.75) is 99.1 Å². The highest BCUT2D eigenvalue weighted by Gasteiger charge is 2.72. The molecule has 8 rings (SSSR count). The second-order valence-corrected chi connectivity index (χ2v) is 14.2. The van der Waals surface area contributed by atoms with Crippen molar-refractivity contribution >= 4 is 46.7 Å². The van der Waals surface area contributed by atoms with Crippen LogP contribution >= 0.6 is 23.2 Å². The molecule has 2 aromatic rings. The zero-order valence-corrected chi connectivity index (χ0v) is 25.7. The maximum atomic E-state index is 16.1. The fourth-order valence-corrected chi connectivity index (χ4v) is 9.81. The lowest BCUT2D eigenvalue weighted by molar-refractivity contribution is -0.161. The van der Waals surface area contributed by atoms with E-state index in [4.69, 9.17) is 27.9 Å². The van der Waals surface area contributed by atoms with Crippen molar-refractivity contribution < 1.29 is 23.5 Å². The second-order valence-electron chi connectivity index (χ2n) is 13.4. The van der Waals surface area contributed by atoms with Crippen molar-refractivity contribution in [3.63, 3.8) is 0 Å². The van der Waals surface area contributed by atoms with Gasteiger partial charge in [-0.15, -0.1) is 0 Å². The van der Waals surface area contributed by atoms with Gasteiger partial charge in [-0.05, 0) is 80.7 Å². The molecule has 5 fully saturated rings. The third kappa shape index (κ3) is 4.05. The van der Waals surface area contributed by atoms with Gasteiger partial charge in [-0.1, -0.05) is 60.7 Å². The average molecular weight is 629 g/mol. The van der Waals surface area contributed by atoms with Gasteiger partial charge in [0.2, 0.25) is 11.8 Å². The molecule has 43 heavy (non-hydrogen) atoms. The molecule has 3 N–H and O–H groups in total. The average Bonchev–Trinajstić information content (AvgIpc) is 3.46. The molecule has 1 saturated heterocycles. The van der Waals surface area contributed by atoms with Crippen LogP contribution in [0.3, 0.4) is 0 Å². The van der Waals surface area contributed by atoms with Gasteiger partial charge in [0, 0.05) is 27.7 Å². The van der Waals surface area contributed by atoms with Crippen LogP contribution in [-0.2, 0) is 24.5 Å². The third-order valence-corrected chi connectivity index (χ3v) is 12.1. The predicted molar refractivity (Wildman–Crippen MR) is 162 cm³/mol. The number of benzene rings is 2. The lowest BCUT2D eigenvalue weighted by Gasteiger charge is -2.52. The Morgan fingerprint density at radius 1 is 0.977 bits per heavy atom. The summed E-state index contributed by atoms with van der Waals surface area (Å²) < 4.78 is 21.2. The highest BCUT2D eigenvalue weighted by molar-refractivity contribution is 6.31. The van der Waals surface area contributed by atoms with Crippen molar-refractivity contribution in [3.05, 3.63) is 63.4 Å². The standard InChI is InChI=1S/C33H36Cl2FN3O4/c1-43-29(42)30-12-15-31(16-13-30,17-14-30)39-27(40)26-24(20-6-5-7-22(35)25(20)36)33(32(38-26)10-3-2-4-11-32)21-9-8-19(34)18-23(21)37-28(33)41/h5-9,18,24,26,38H,2-4,10-17H2,1H3,(H,37,41)(H,39,40)/t24-,26+,30?,31?,33+/m1/s1. The van der Waals surface area contributed by atoms with E-state index < -0.39 is 39.7 Å². The Bertz CT molecular complexity index is 1500. The molecular formula is C33H36Cl2FN3O4. The van der Waals surface area contributed by atoms with Crippen LogP contribution in [0.1, 0.15) is 87.7 Å². The Morgan fingerprint density at radius 2 is 1.67 bits per heavy atom. The van der Waals surface area contributed by atoms with E-state index in [1.54, 1.807) is 24.3 Å². The normalized spacial score (nSPS) is 33.8. The molecule has 2 heterocycles. The van der Waals surface area contributed by atoms with Crippen molar-refractivity contribution in [3.8, 4) is 0 Å². The van der Waals surface area contributed by atoms with Gasteiger partial charge in [-0.3, -0.25) is 19.7 Å². The molecule has 2 aliphatic heterocycles. The number of rotatable bonds is 4. The number of amides is 2. The molecule has 10 heteroatoms. The summed E-state index contributed by atoms with van der Waals surface area (Å²) >= 11 is 12.7. The molecule has 3 atom stereocenters. The van der Waals surface area contributed by atoms with Gasteiger partial charge < -0.3 is 15.4 Å². The first-order valence-corrected chi connectivity index (χ1v) is 16.1. The molecule has 4 aliphatic carbocycles. The molecule has 0 aromatic heterocycles. The highest BCUT2D eigenvalue weighted by Crippen LogP contribution is 2.63. The molecule has 0 radical (unpaired) electrons. The van der Waals surface area contributed by atoms with Gasteiger partial charge in [0.25, 0.3) is 0 Å². The first kappa shape index (κ1) is 29.1. The number of anilines is 1. The van der Waals surface area contributed by atoms with Gasteiger partial charge >= 0.3 is 5.97 Å². The number of esters is 1. The summed E-state index contributed by atoms with van der Waals surface area (Å²) in [5.41, 5.74) is -1.44. The van der Waals surface area contributed by atoms with Crippen LogP contribution in [-0.4, -0.2) is 42.0 Å². The van der Waals surface area contributed by atoms with E-state index in [0.29, 0.717) is 62.1 Å². The maximum Gasteiger partial charge on any atom is 0.311 e. The second kappa shape index (κ2) is 10.2. The van der Waals surface area contributed by atoms with Crippen molar-refractivity contribution in [2.75, 3.05) is 12.4 Å². The van der Waals surface area contributed by atoms with E-state index in [1.165, 1.54) is 13.2 Å². The molecule has 2 amide bonds. The summed E-state index contributed by atoms with van der Waals surface area (Å²) in [6.07, 6.45) is 8.03. The van der Waals surface area contributed by atoms with Crippen LogP contribution in [0.25, 0.3) is 0 Å². The number of hydrogen-bond donors (Lipinski definition) is 3. The number of halogens is 3. The highest BCUT2D eigenvalue weighted by atomic mass is 35.5. The minimum Gasteiger partial charge on any atom is -0.469 e. The van der Waals surface area contributed by atoms with Crippen LogP contribution in [0, 0.1) is 11.2 Å². The third-order valence-electron chi connectivity index (χ3n) is 11.6. The lowest BCUT2D eigenvalue weighted by atomic mass is 9.55. The van der Waals surface area contributed by atoms with E-state index in [1.807, 2.05) is 6.07 Å². The van der Waals surface area contributed by atoms with E-state index in [2.05, 4.69) is 16.0 Å². The fourth-order valence-electron chi connectivity index (χ4n) is 9.45. The Morgan fingerprint density at radius 3 is 2.35 bits per heavy atom. The van der Waals surface area contributed by atoms with Gasteiger partial charge in [0.15, 0.2) is 0 Å². The number of methoxy groups -OCH3 is 1. The maximum absolute atomic E-state index is 16.1. The lowest BCUT2D eigenvalue weighted by Crippen LogP contribution is -2.62. The van der Waals surface area contributed by atoms with Gasteiger partial charge in [0.05, 0.1) is 23.6 Å². The molecule has 6 aliphatic rings. The minimum atomic E-state index is -1.27. The number of ether oxygens (including phenoxy) is 1. The minimum absolute atomic E-state index is 0.0524. The number of carbonyl (C=O) groups is 3. The molecular weight excluding hydrogens is 592 g/mol. The van der Waals surface area contributed by atoms with E-state index >= 15 is 4.39 Å². The molecule has 228 valence electrons. The van der Waals surface area contributed by atoms with E-state index in [0.717, 1.165) is 24.8 Å². The first-order chi connectivity index (χ1) is 20.6. The Balaban J connectivity index is 1.35. The van der Waals surface area contributed by atoms with Gasteiger partial charge in [0.1, 0.15) is 11.2 Å². The molecule has 0 unspecified atom stereocenters. The molecule has 7 nitrogen and oxygen atoms in total. The van der Waals surface area contributed by atoms with Crippen molar-refractivity contribution in [2.24, 2.45) is 5.41 Å². The summed E-state index contributed by atoms with van der Waals surface area (Å²) in [4.78, 5) is 41.7. The quantitative estimate of drug-likeness (QED) is 0.353. The molecule has 2 spiro atoms. The van der Waals surface area contributed by atoms with Crippen LogP contribution in [0.15, 0.2) is 36.4 Å². The zero-order valence-electron chi connectivity index (χ0n) is 24.2. The van der Waals surface area contributed by atoms with E-state index in [9.17, 15) is 14.4 Å². The zero-order chi connectivity index (χ0) is 30.2. The van der Waals surface area contributed by atoms with Crippen LogP contribution in [0.5, 0.6) is 0 Å². The van der Waals surface area contributed by atoms with Crippen molar-refractivity contribution in [1.29, 1.82) is 0 Å². The Hall–Kier alpha value is -2.68. The van der Waals surface area contributed by atoms with Crippen LogP contribution in [0.4, 0.5) is 10.1 Å². The van der Waals surface area contributed by atoms with Gasteiger partial charge in [-0.25, -0.2) is 4.39 Å². The van der Waals surface area contributed by atoms with Crippen molar-refractivity contribution in [1.82, 2.24) is 10.6 Å². The molecule has 4 saturated carbocycles. The molecule has 2 aromatic carbocycles. The van der Waals surface area contributed by atoms with Gasteiger partial charge in [-0.2, -0.15) is 0 Å². The Kier molecular flexibility index (Phi) is 6.88. The summed E-state index contributed by atoms with van der Waals surface area (Å²) in [6, 6.07) is 9.27. The first-order valence-electron chi connectivity index (χ1n) is 15.3. The number of nitrogens with one attached hydrogen (secondary N) is 3. The topological polar surface area (TPSA) is 96.5 Å². The summed E-state index contributed by atoms with van der Waals surface area (Å²) in [5.74, 6) is -2.17. The number of hydrogen-bond acceptors (Lipinski definition) is 5.